The zero-order chi connectivity index (χ0) is 6.78. The van der Waals surface area contributed by atoms with Gasteiger partial charge in [0.2, 0.25) is 0 Å². The zero-order valence-electron chi connectivity index (χ0n) is 4.55. The molecule has 0 radical (unpaired) electrons. The summed E-state index contributed by atoms with van der Waals surface area (Å²) >= 11 is 0. The monoisotopic (exact) mass is 268 g/mol. The minimum absolute atomic E-state index is 0. The van der Waals surface area contributed by atoms with Crippen molar-refractivity contribution < 1.29 is 38.1 Å². The molecule has 0 saturated carbocycles. The van der Waals surface area contributed by atoms with Crippen molar-refractivity contribution in [2.24, 2.45) is 0 Å². The third kappa shape index (κ3) is 39.6. The van der Waals surface area contributed by atoms with Gasteiger partial charge in [0.1, 0.15) is 0 Å². The van der Waals surface area contributed by atoms with Gasteiger partial charge >= 0.3 is 115 Å². The normalized spacial score (nSPS) is 7.00. The first kappa shape index (κ1) is 36.0. The van der Waals surface area contributed by atoms with Crippen LogP contribution in [0.25, 0.3) is 0 Å². The van der Waals surface area contributed by atoms with Crippen LogP contribution < -0.4 is 0 Å². The molecule has 0 aromatic heterocycles. The molecule has 0 aliphatic heterocycles. The first-order valence-electron chi connectivity index (χ1n) is 1.43. The van der Waals surface area contributed by atoms with Gasteiger partial charge in [0.05, 0.1) is 0 Å². The summed E-state index contributed by atoms with van der Waals surface area (Å²) < 4.78 is 29.6. The van der Waals surface area contributed by atoms with Crippen LogP contribution in [-0.2, 0) is 14.5 Å². The molecule has 0 heterocycles. The summed E-state index contributed by atoms with van der Waals surface area (Å²) in [6.45, 7) is 0. The van der Waals surface area contributed by atoms with Crippen LogP contribution in [-0.4, -0.2) is 138 Å². The molecule has 7 N–H and O–H groups in total. The van der Waals surface area contributed by atoms with Crippen LogP contribution in [0.1, 0.15) is 0 Å². The number of hydrogen-bond acceptors (Lipinski definition) is 5. The van der Waals surface area contributed by atoms with Crippen molar-refractivity contribution in [3.8, 4) is 0 Å². The first-order chi connectivity index (χ1) is 3.42. The van der Waals surface area contributed by atoms with Crippen molar-refractivity contribution in [2.75, 3.05) is 0 Å². The molecule has 0 rings (SSSR count). The second-order valence-electron chi connectivity index (χ2n) is 0.850. The standard InChI is InChI=1S/BH3O6S.Ca.2Na.2H2O.4H/c2-1(3)7-8(4,5)6;;;;;;;;;/h2-3H,(H,4,5,6);;;;2*1H2;;;;. The van der Waals surface area contributed by atoms with E-state index >= 15 is 0 Å². The molecule has 0 unspecified atom stereocenters. The molecule has 0 aromatic carbocycles. The predicted molar refractivity (Wildman–Crippen MR) is 52.9 cm³/mol. The predicted octanol–water partition coefficient (Wildman–Crippen LogP) is -6.09. The fourth-order valence-corrected chi connectivity index (χ4v) is 0.326. The Labute approximate surface area is 150 Å². The molecule has 13 heteroatoms. The third-order valence-corrected chi connectivity index (χ3v) is 0.623. The van der Waals surface area contributed by atoms with Gasteiger partial charge in [-0.2, -0.15) is 8.42 Å². The van der Waals surface area contributed by atoms with Gasteiger partial charge < -0.3 is 21.0 Å². The summed E-state index contributed by atoms with van der Waals surface area (Å²) in [5, 5.41) is 15.4. The van der Waals surface area contributed by atoms with Crippen molar-refractivity contribution in [1.29, 1.82) is 0 Å². The van der Waals surface area contributed by atoms with E-state index in [-0.39, 0.29) is 108 Å². The second-order valence-corrected chi connectivity index (χ2v) is 1.90. The van der Waals surface area contributed by atoms with Gasteiger partial charge in [0, 0.05) is 0 Å². The van der Waals surface area contributed by atoms with Gasteiger partial charge in [-0.25, -0.2) is 4.10 Å². The molecule has 0 saturated heterocycles. The summed E-state index contributed by atoms with van der Waals surface area (Å²) in [4.78, 5) is 0. The van der Waals surface area contributed by atoms with Crippen molar-refractivity contribution in [2.45, 2.75) is 0 Å². The van der Waals surface area contributed by atoms with E-state index in [4.69, 9.17) is 14.6 Å². The van der Waals surface area contributed by atoms with Crippen LogP contribution in [0.3, 0.4) is 0 Å². The Morgan fingerprint density at radius 3 is 1.31 bits per heavy atom. The van der Waals surface area contributed by atoms with E-state index in [0.29, 0.717) is 0 Å². The van der Waals surface area contributed by atoms with Crippen LogP contribution in [0.5, 0.6) is 0 Å². The number of hydrogen-bond donors (Lipinski definition) is 3. The molecule has 72 valence electrons. The molecule has 0 aliphatic rings. The molecule has 0 aliphatic carbocycles. The topological polar surface area (TPSA) is 167 Å². The number of rotatable bonds is 2. The molecule has 8 nitrogen and oxygen atoms in total. The average molecular weight is 268 g/mol. The van der Waals surface area contributed by atoms with E-state index in [0.717, 1.165) is 0 Å². The summed E-state index contributed by atoms with van der Waals surface area (Å²) in [6, 6.07) is 0. The molecular formula is H11BCaNa2O8S. The SMILES string of the molecule is O.O.O=S(=O)(O)OB(O)O.[CaH2].[NaH].[NaH]. The van der Waals surface area contributed by atoms with Gasteiger partial charge in [-0.1, -0.05) is 0 Å². The molecular weight excluding hydrogens is 257 g/mol. The van der Waals surface area contributed by atoms with E-state index in [1.807, 2.05) is 0 Å². The van der Waals surface area contributed by atoms with Gasteiger partial charge in [0.25, 0.3) is 0 Å². The average Bonchev–Trinajstić information content (AvgIpc) is 1.21. The molecule has 0 fully saturated rings. The van der Waals surface area contributed by atoms with Gasteiger partial charge in [-0.05, 0) is 0 Å². The summed E-state index contributed by atoms with van der Waals surface area (Å²) in [5.74, 6) is 0. The Balaban J connectivity index is -0.0000000245. The third-order valence-electron chi connectivity index (χ3n) is 0.208. The Hall–Kier alpha value is 3.03. The van der Waals surface area contributed by atoms with E-state index in [9.17, 15) is 8.42 Å². The van der Waals surface area contributed by atoms with Crippen LogP contribution in [0, 0.1) is 0 Å². The molecule has 0 spiro atoms. The maximum atomic E-state index is 9.46. The maximum absolute atomic E-state index is 9.46. The molecule has 0 bridgehead atoms. The van der Waals surface area contributed by atoms with E-state index < -0.39 is 17.7 Å². The summed E-state index contributed by atoms with van der Waals surface area (Å²) in [7, 11) is -7.22. The Bertz CT molecular complexity index is 156. The summed E-state index contributed by atoms with van der Waals surface area (Å²) in [5.41, 5.74) is 0. The van der Waals surface area contributed by atoms with E-state index in [1.165, 1.54) is 0 Å². The quantitative estimate of drug-likeness (QED) is 0.332. The van der Waals surface area contributed by atoms with Crippen LogP contribution in [0.4, 0.5) is 0 Å². The Morgan fingerprint density at radius 2 is 1.31 bits per heavy atom. The molecule has 0 atom stereocenters. The van der Waals surface area contributed by atoms with Crippen molar-refractivity contribution in [3.05, 3.63) is 0 Å². The fraction of sp³-hybridized carbons (Fsp3) is 0. The molecule has 0 aromatic rings. The van der Waals surface area contributed by atoms with Crippen molar-refractivity contribution in [1.82, 2.24) is 0 Å². The zero-order valence-corrected chi connectivity index (χ0v) is 5.37. The molecule has 13 heavy (non-hydrogen) atoms. The molecule has 0 amide bonds. The minimum atomic E-state index is -4.72. The van der Waals surface area contributed by atoms with Crippen molar-refractivity contribution in [3.63, 3.8) is 0 Å². The van der Waals surface area contributed by atoms with Gasteiger partial charge in [0.15, 0.2) is 0 Å². The van der Waals surface area contributed by atoms with Gasteiger partial charge in [-0.3, -0.25) is 4.55 Å². The second kappa shape index (κ2) is 17.4. The Morgan fingerprint density at radius 1 is 1.08 bits per heavy atom. The summed E-state index contributed by atoms with van der Waals surface area (Å²) in [6.07, 6.45) is 0. The van der Waals surface area contributed by atoms with Crippen LogP contribution in [0.2, 0.25) is 0 Å². The van der Waals surface area contributed by atoms with Crippen LogP contribution >= 0.6 is 0 Å². The Kier molecular flexibility index (Phi) is 48.3. The van der Waals surface area contributed by atoms with E-state index in [2.05, 4.69) is 4.10 Å². The van der Waals surface area contributed by atoms with Crippen molar-refractivity contribution >= 4 is 115 Å². The van der Waals surface area contributed by atoms with E-state index in [1.54, 1.807) is 0 Å². The fourth-order valence-electron chi connectivity index (χ4n) is 0.109. The first-order valence-corrected chi connectivity index (χ1v) is 2.80. The van der Waals surface area contributed by atoms with Gasteiger partial charge in [-0.15, -0.1) is 0 Å². The van der Waals surface area contributed by atoms with Crippen LogP contribution in [0.15, 0.2) is 0 Å².